The van der Waals surface area contributed by atoms with Crippen molar-refractivity contribution in [3.05, 3.63) is 42.2 Å². The van der Waals surface area contributed by atoms with Crippen LogP contribution >= 0.6 is 0 Å². The van der Waals surface area contributed by atoms with Gasteiger partial charge in [-0.2, -0.15) is 5.10 Å². The van der Waals surface area contributed by atoms with Crippen molar-refractivity contribution in [3.63, 3.8) is 0 Å². The lowest BCUT2D eigenvalue weighted by Crippen LogP contribution is -2.25. The minimum absolute atomic E-state index is 0.110. The van der Waals surface area contributed by atoms with Crippen LogP contribution in [-0.2, 0) is 6.54 Å². The van der Waals surface area contributed by atoms with Crippen LogP contribution in [0.4, 0.5) is 5.69 Å². The summed E-state index contributed by atoms with van der Waals surface area (Å²) in [7, 11) is 0. The molecule has 3 rings (SSSR count). The number of hydrogen-bond acceptors (Lipinski definition) is 4. The summed E-state index contributed by atoms with van der Waals surface area (Å²) in [5.74, 6) is 0.926. The average molecular weight is 301 g/mol. The van der Waals surface area contributed by atoms with E-state index in [-0.39, 0.29) is 6.61 Å². The van der Waals surface area contributed by atoms with Crippen molar-refractivity contribution in [2.24, 2.45) is 0 Å². The minimum Gasteiger partial charge on any atom is -0.508 e. The van der Waals surface area contributed by atoms with Gasteiger partial charge in [-0.3, -0.25) is 4.68 Å². The summed E-state index contributed by atoms with van der Waals surface area (Å²) in [6.07, 6.45) is 8.36. The Bertz CT molecular complexity index is 586. The molecule has 1 aromatic heterocycles. The molecule has 0 unspecified atom stereocenters. The van der Waals surface area contributed by atoms with Gasteiger partial charge >= 0.3 is 0 Å². The molecule has 0 saturated heterocycles. The Hall–Kier alpha value is -2.01. The van der Waals surface area contributed by atoms with Gasteiger partial charge in [-0.05, 0) is 49.3 Å². The molecular formula is C17H23N3O2. The lowest BCUT2D eigenvalue weighted by atomic mass is 9.81. The fraction of sp³-hybridized carbons (Fsp3) is 0.471. The molecule has 0 aliphatic heterocycles. The van der Waals surface area contributed by atoms with Gasteiger partial charge in [-0.15, -0.1) is 0 Å². The van der Waals surface area contributed by atoms with Crippen LogP contribution in [0, 0.1) is 0 Å². The maximum absolute atomic E-state index is 9.37. The molecule has 0 atom stereocenters. The topological polar surface area (TPSA) is 70.3 Å². The molecule has 0 radical (unpaired) electrons. The summed E-state index contributed by atoms with van der Waals surface area (Å²) in [6, 6.07) is 8.10. The van der Waals surface area contributed by atoms with E-state index < -0.39 is 0 Å². The van der Waals surface area contributed by atoms with Crippen LogP contribution in [0.15, 0.2) is 36.7 Å². The van der Waals surface area contributed by atoms with Crippen LogP contribution in [0.2, 0.25) is 0 Å². The quantitative estimate of drug-likeness (QED) is 0.794. The molecule has 1 aromatic carbocycles. The maximum Gasteiger partial charge on any atom is 0.115 e. The van der Waals surface area contributed by atoms with Gasteiger partial charge in [0.15, 0.2) is 0 Å². The molecule has 1 aliphatic carbocycles. The number of phenols is 1. The predicted octanol–water partition coefficient (Wildman–Crippen LogP) is 2.72. The average Bonchev–Trinajstić information content (AvgIpc) is 2.97. The first-order valence-corrected chi connectivity index (χ1v) is 7.93. The van der Waals surface area contributed by atoms with E-state index in [2.05, 4.69) is 10.4 Å². The van der Waals surface area contributed by atoms with E-state index >= 15 is 0 Å². The Labute approximate surface area is 130 Å². The Morgan fingerprint density at radius 3 is 2.55 bits per heavy atom. The molecule has 0 spiro atoms. The molecule has 22 heavy (non-hydrogen) atoms. The highest BCUT2D eigenvalue weighted by Crippen LogP contribution is 2.34. The summed E-state index contributed by atoms with van der Waals surface area (Å²) in [5, 5.41) is 26.0. The Balaban J connectivity index is 1.51. The Kier molecular flexibility index (Phi) is 4.63. The summed E-state index contributed by atoms with van der Waals surface area (Å²) < 4.78 is 1.75. The Morgan fingerprint density at radius 2 is 1.86 bits per heavy atom. The zero-order chi connectivity index (χ0) is 15.4. The van der Waals surface area contributed by atoms with Crippen molar-refractivity contribution >= 4 is 5.69 Å². The smallest absolute Gasteiger partial charge is 0.115 e. The molecule has 0 amide bonds. The van der Waals surface area contributed by atoms with E-state index in [1.54, 1.807) is 16.8 Å². The zero-order valence-corrected chi connectivity index (χ0v) is 12.7. The van der Waals surface area contributed by atoms with E-state index in [4.69, 9.17) is 5.11 Å². The number of benzene rings is 1. The standard InChI is InChI=1S/C17H23N3O2/c21-10-9-20-12-16(11-18-20)19-15-5-1-13(2-6-15)14-3-7-17(22)8-4-14/h3-4,7-8,11-13,15,19,21-22H,1-2,5-6,9-10H2. The van der Waals surface area contributed by atoms with Crippen LogP contribution in [0.25, 0.3) is 0 Å². The minimum atomic E-state index is 0.110. The van der Waals surface area contributed by atoms with E-state index in [9.17, 15) is 5.11 Å². The second-order valence-electron chi connectivity index (χ2n) is 6.00. The zero-order valence-electron chi connectivity index (χ0n) is 12.7. The molecule has 3 N–H and O–H groups in total. The number of rotatable bonds is 5. The molecule has 5 nitrogen and oxygen atoms in total. The van der Waals surface area contributed by atoms with Crippen LogP contribution in [0.5, 0.6) is 5.75 Å². The number of aliphatic hydroxyl groups excluding tert-OH is 1. The Morgan fingerprint density at radius 1 is 1.14 bits per heavy atom. The van der Waals surface area contributed by atoms with Crippen LogP contribution in [0.3, 0.4) is 0 Å². The molecule has 2 aromatic rings. The van der Waals surface area contributed by atoms with Gasteiger partial charge in [0.25, 0.3) is 0 Å². The van der Waals surface area contributed by atoms with E-state index in [0.717, 1.165) is 31.4 Å². The number of nitrogens with one attached hydrogen (secondary N) is 1. The van der Waals surface area contributed by atoms with E-state index in [1.807, 2.05) is 24.5 Å². The van der Waals surface area contributed by atoms with Gasteiger partial charge in [0.2, 0.25) is 0 Å². The highest BCUT2D eigenvalue weighted by Gasteiger charge is 2.22. The van der Waals surface area contributed by atoms with Gasteiger partial charge in [-0.25, -0.2) is 0 Å². The summed E-state index contributed by atoms with van der Waals surface area (Å²) in [5.41, 5.74) is 2.36. The van der Waals surface area contributed by atoms with Crippen molar-refractivity contribution in [2.75, 3.05) is 11.9 Å². The summed E-state index contributed by atoms with van der Waals surface area (Å²) >= 11 is 0. The van der Waals surface area contributed by atoms with Crippen molar-refractivity contribution in [2.45, 2.75) is 44.2 Å². The van der Waals surface area contributed by atoms with Crippen molar-refractivity contribution < 1.29 is 10.2 Å². The molecule has 1 fully saturated rings. The number of aromatic nitrogens is 2. The van der Waals surface area contributed by atoms with Gasteiger partial charge in [0, 0.05) is 12.2 Å². The third-order valence-corrected chi connectivity index (χ3v) is 4.42. The van der Waals surface area contributed by atoms with Gasteiger partial charge in [-0.1, -0.05) is 12.1 Å². The second kappa shape index (κ2) is 6.83. The number of aliphatic hydroxyl groups is 1. The van der Waals surface area contributed by atoms with Gasteiger partial charge in [0.05, 0.1) is 25.0 Å². The fourth-order valence-electron chi connectivity index (χ4n) is 3.22. The largest absolute Gasteiger partial charge is 0.508 e. The lowest BCUT2D eigenvalue weighted by Gasteiger charge is -2.29. The third kappa shape index (κ3) is 3.60. The number of hydrogen-bond donors (Lipinski definition) is 3. The SMILES string of the molecule is OCCn1cc(NC2CCC(c3ccc(O)cc3)CC2)cn1. The molecule has 0 bridgehead atoms. The highest BCUT2D eigenvalue weighted by molar-refractivity contribution is 5.39. The lowest BCUT2D eigenvalue weighted by molar-refractivity contribution is 0.269. The predicted molar refractivity (Wildman–Crippen MR) is 86.0 cm³/mol. The molecular weight excluding hydrogens is 278 g/mol. The first-order valence-electron chi connectivity index (χ1n) is 7.93. The summed E-state index contributed by atoms with van der Waals surface area (Å²) in [6.45, 7) is 0.647. The third-order valence-electron chi connectivity index (χ3n) is 4.42. The number of phenolic OH excluding ortho intramolecular Hbond substituents is 1. The van der Waals surface area contributed by atoms with E-state index in [1.165, 1.54) is 5.56 Å². The normalized spacial score (nSPS) is 21.7. The summed E-state index contributed by atoms with van der Waals surface area (Å²) in [4.78, 5) is 0. The maximum atomic E-state index is 9.37. The van der Waals surface area contributed by atoms with Crippen molar-refractivity contribution in [1.29, 1.82) is 0 Å². The van der Waals surface area contributed by atoms with Crippen molar-refractivity contribution in [1.82, 2.24) is 9.78 Å². The first kappa shape index (κ1) is 14.9. The first-order chi connectivity index (χ1) is 10.7. The monoisotopic (exact) mass is 301 g/mol. The molecule has 5 heteroatoms. The van der Waals surface area contributed by atoms with Gasteiger partial charge in [0.1, 0.15) is 5.75 Å². The van der Waals surface area contributed by atoms with Gasteiger partial charge < -0.3 is 15.5 Å². The number of aromatic hydroxyl groups is 1. The molecule has 1 heterocycles. The molecule has 1 aliphatic rings. The number of anilines is 1. The van der Waals surface area contributed by atoms with Crippen LogP contribution < -0.4 is 5.32 Å². The second-order valence-corrected chi connectivity index (χ2v) is 6.00. The van der Waals surface area contributed by atoms with Crippen LogP contribution in [-0.4, -0.2) is 32.6 Å². The molecule has 118 valence electrons. The number of nitrogens with zero attached hydrogens (tertiary/aromatic N) is 2. The molecule has 1 saturated carbocycles. The van der Waals surface area contributed by atoms with Crippen molar-refractivity contribution in [3.8, 4) is 5.75 Å². The van der Waals surface area contributed by atoms with E-state index in [0.29, 0.717) is 24.3 Å². The van der Waals surface area contributed by atoms with Crippen LogP contribution in [0.1, 0.15) is 37.2 Å². The highest BCUT2D eigenvalue weighted by atomic mass is 16.3. The fourth-order valence-corrected chi connectivity index (χ4v) is 3.22.